The molecule has 0 spiro atoms. The van der Waals surface area contributed by atoms with Gasteiger partial charge in [0.05, 0.1) is 12.2 Å². The summed E-state index contributed by atoms with van der Waals surface area (Å²) >= 11 is 0. The van der Waals surface area contributed by atoms with Gasteiger partial charge in [0.2, 0.25) is 0 Å². The largest absolute Gasteiger partial charge is 0.493 e. The van der Waals surface area contributed by atoms with Crippen LogP contribution < -0.4 is 4.74 Å². The van der Waals surface area contributed by atoms with Crippen molar-refractivity contribution in [1.29, 1.82) is 0 Å². The van der Waals surface area contributed by atoms with Gasteiger partial charge in [0, 0.05) is 0 Å². The Bertz CT molecular complexity index is 575. The number of benzene rings is 1. The van der Waals surface area contributed by atoms with Crippen LogP contribution in [0.5, 0.6) is 5.75 Å². The van der Waals surface area contributed by atoms with Gasteiger partial charge in [-0.3, -0.25) is 0 Å². The molecular weight excluding hydrogens is 348 g/mol. The number of carbonyl (C=O) groups is 1. The first-order chi connectivity index (χ1) is 12.9. The van der Waals surface area contributed by atoms with Gasteiger partial charge in [-0.25, -0.2) is 4.79 Å². The van der Waals surface area contributed by atoms with Crippen molar-refractivity contribution in [3.05, 3.63) is 29.8 Å². The molecule has 0 aliphatic heterocycles. The van der Waals surface area contributed by atoms with Gasteiger partial charge in [0.1, 0.15) is 5.75 Å². The Morgan fingerprint density at radius 1 is 0.964 bits per heavy atom. The van der Waals surface area contributed by atoms with Crippen LogP contribution in [0.3, 0.4) is 0 Å². The van der Waals surface area contributed by atoms with Crippen LogP contribution in [0, 0.1) is 22.7 Å². The Morgan fingerprint density at radius 3 is 2.07 bits per heavy atom. The van der Waals surface area contributed by atoms with E-state index in [0.717, 1.165) is 11.7 Å². The third kappa shape index (κ3) is 11.4. The number of hydrogen-bond donors (Lipinski definition) is 1. The average Bonchev–Trinajstić information content (AvgIpc) is 2.54. The molecule has 160 valence electrons. The van der Waals surface area contributed by atoms with Gasteiger partial charge in [0.15, 0.2) is 0 Å². The second-order valence-electron chi connectivity index (χ2n) is 10.9. The fraction of sp³-hybridized carbons (Fsp3) is 0.720. The molecule has 3 heteroatoms. The van der Waals surface area contributed by atoms with Crippen LogP contribution in [-0.4, -0.2) is 17.7 Å². The fourth-order valence-electron chi connectivity index (χ4n) is 3.81. The van der Waals surface area contributed by atoms with Crippen LogP contribution in [0.4, 0.5) is 0 Å². The smallest absolute Gasteiger partial charge is 0.335 e. The zero-order valence-corrected chi connectivity index (χ0v) is 19.2. The van der Waals surface area contributed by atoms with Crippen LogP contribution in [0.15, 0.2) is 24.3 Å². The second kappa shape index (κ2) is 10.9. The zero-order chi connectivity index (χ0) is 21.4. The molecule has 0 amide bonds. The lowest BCUT2D eigenvalue weighted by molar-refractivity contribution is 0.0697. The molecule has 0 aliphatic rings. The summed E-state index contributed by atoms with van der Waals surface area (Å²) in [5.74, 6) is 1.12. The summed E-state index contributed by atoms with van der Waals surface area (Å²) in [6.07, 6.45) is 7.32. The van der Waals surface area contributed by atoms with E-state index in [9.17, 15) is 4.79 Å². The summed E-state index contributed by atoms with van der Waals surface area (Å²) in [6.45, 7) is 16.9. The van der Waals surface area contributed by atoms with E-state index in [-0.39, 0.29) is 0 Å². The van der Waals surface area contributed by atoms with E-state index in [4.69, 9.17) is 9.84 Å². The van der Waals surface area contributed by atoms with Crippen molar-refractivity contribution in [2.24, 2.45) is 22.7 Å². The van der Waals surface area contributed by atoms with E-state index in [0.29, 0.717) is 28.9 Å². The van der Waals surface area contributed by atoms with Gasteiger partial charge >= 0.3 is 5.97 Å². The molecule has 2 unspecified atom stereocenters. The van der Waals surface area contributed by atoms with Crippen LogP contribution in [0.2, 0.25) is 0 Å². The van der Waals surface area contributed by atoms with Crippen molar-refractivity contribution >= 4 is 5.97 Å². The van der Waals surface area contributed by atoms with Gasteiger partial charge in [-0.1, -0.05) is 61.3 Å². The van der Waals surface area contributed by atoms with E-state index in [2.05, 4.69) is 48.5 Å². The lowest BCUT2D eigenvalue weighted by Gasteiger charge is -2.26. The first-order valence-electron chi connectivity index (χ1n) is 10.8. The molecule has 0 bridgehead atoms. The Labute approximate surface area is 172 Å². The Kier molecular flexibility index (Phi) is 9.53. The zero-order valence-electron chi connectivity index (χ0n) is 19.2. The number of carboxylic acid groups (broad SMARTS) is 1. The van der Waals surface area contributed by atoms with E-state index in [1.165, 1.54) is 38.5 Å². The summed E-state index contributed by atoms with van der Waals surface area (Å²) in [6, 6.07) is 6.74. The number of hydrogen-bond acceptors (Lipinski definition) is 2. The van der Waals surface area contributed by atoms with Gasteiger partial charge in [0.25, 0.3) is 0 Å². The molecule has 1 aromatic carbocycles. The summed E-state index contributed by atoms with van der Waals surface area (Å²) in [5.41, 5.74) is 1.05. The lowest BCUT2D eigenvalue weighted by atomic mass is 9.81. The Hall–Kier alpha value is -1.51. The molecule has 0 aromatic heterocycles. The van der Waals surface area contributed by atoms with Crippen LogP contribution in [0.1, 0.15) is 97.3 Å². The average molecular weight is 391 g/mol. The highest BCUT2D eigenvalue weighted by atomic mass is 16.5. The van der Waals surface area contributed by atoms with Crippen molar-refractivity contribution in [3.8, 4) is 5.75 Å². The van der Waals surface area contributed by atoms with Crippen molar-refractivity contribution < 1.29 is 14.6 Å². The van der Waals surface area contributed by atoms with Crippen molar-refractivity contribution in [2.75, 3.05) is 6.61 Å². The summed E-state index contributed by atoms with van der Waals surface area (Å²) in [7, 11) is 0. The van der Waals surface area contributed by atoms with Gasteiger partial charge in [-0.05, 0) is 72.6 Å². The quantitative estimate of drug-likeness (QED) is 0.427. The molecule has 0 saturated carbocycles. The number of aromatic carboxylic acids is 1. The third-order valence-corrected chi connectivity index (χ3v) is 5.15. The maximum atomic E-state index is 11.0. The fourth-order valence-corrected chi connectivity index (χ4v) is 3.81. The molecule has 0 saturated heterocycles. The summed E-state index contributed by atoms with van der Waals surface area (Å²) in [4.78, 5) is 11.0. The third-order valence-electron chi connectivity index (χ3n) is 5.15. The molecule has 0 heterocycles. The summed E-state index contributed by atoms with van der Waals surface area (Å²) < 4.78 is 6.03. The predicted octanol–water partition coefficient (Wildman–Crippen LogP) is 7.45. The lowest BCUT2D eigenvalue weighted by Crippen LogP contribution is -2.17. The van der Waals surface area contributed by atoms with Crippen molar-refractivity contribution in [2.45, 2.75) is 87.0 Å². The summed E-state index contributed by atoms with van der Waals surface area (Å²) in [5, 5.41) is 9.02. The minimum absolute atomic E-state index is 0.296. The molecule has 3 nitrogen and oxygen atoms in total. The van der Waals surface area contributed by atoms with Crippen LogP contribution >= 0.6 is 0 Å². The highest BCUT2D eigenvalue weighted by molar-refractivity contribution is 5.87. The number of carboxylic acids is 1. The highest BCUT2D eigenvalue weighted by Crippen LogP contribution is 2.30. The van der Waals surface area contributed by atoms with Gasteiger partial charge in [-0.15, -0.1) is 0 Å². The number of ether oxygens (including phenoxy) is 1. The first-order valence-corrected chi connectivity index (χ1v) is 10.8. The minimum Gasteiger partial charge on any atom is -0.493 e. The first kappa shape index (κ1) is 24.5. The molecule has 0 aliphatic carbocycles. The van der Waals surface area contributed by atoms with Gasteiger partial charge < -0.3 is 9.84 Å². The second-order valence-corrected chi connectivity index (χ2v) is 10.9. The topological polar surface area (TPSA) is 46.5 Å². The SMILES string of the molecule is CC(CCC(CCCC(C)(C)C)COc1ccc(C(=O)O)cc1)CC(C)(C)C. The van der Waals surface area contributed by atoms with E-state index >= 15 is 0 Å². The molecule has 28 heavy (non-hydrogen) atoms. The van der Waals surface area contributed by atoms with E-state index in [1.54, 1.807) is 24.3 Å². The molecule has 1 N–H and O–H groups in total. The maximum absolute atomic E-state index is 11.0. The van der Waals surface area contributed by atoms with Gasteiger partial charge in [-0.2, -0.15) is 0 Å². The van der Waals surface area contributed by atoms with E-state index in [1.807, 2.05) is 0 Å². The Balaban J connectivity index is 2.59. The highest BCUT2D eigenvalue weighted by Gasteiger charge is 2.19. The molecule has 1 rings (SSSR count). The van der Waals surface area contributed by atoms with E-state index < -0.39 is 5.97 Å². The molecular formula is C25H42O3. The van der Waals surface area contributed by atoms with Crippen LogP contribution in [0.25, 0.3) is 0 Å². The maximum Gasteiger partial charge on any atom is 0.335 e. The standard InChI is InChI=1S/C25H42O3/c1-19(17-25(5,6)7)10-11-20(9-8-16-24(2,3)4)18-28-22-14-12-21(13-15-22)23(26)27/h12-15,19-20H,8-11,16-18H2,1-7H3,(H,26,27). The molecule has 0 fully saturated rings. The molecule has 0 radical (unpaired) electrons. The Morgan fingerprint density at radius 2 is 1.57 bits per heavy atom. The van der Waals surface area contributed by atoms with Crippen LogP contribution in [-0.2, 0) is 0 Å². The minimum atomic E-state index is -0.903. The monoisotopic (exact) mass is 390 g/mol. The predicted molar refractivity (Wildman–Crippen MR) is 118 cm³/mol. The normalized spacial score (nSPS) is 14.5. The molecule has 2 atom stereocenters. The van der Waals surface area contributed by atoms with Crippen molar-refractivity contribution in [1.82, 2.24) is 0 Å². The number of rotatable bonds is 11. The molecule has 1 aromatic rings. The van der Waals surface area contributed by atoms with Crippen molar-refractivity contribution in [3.63, 3.8) is 0 Å².